The van der Waals surface area contributed by atoms with Gasteiger partial charge in [0.1, 0.15) is 5.75 Å². The Morgan fingerprint density at radius 1 is 1.12 bits per heavy atom. The van der Waals surface area contributed by atoms with E-state index in [1.54, 1.807) is 24.3 Å². The van der Waals surface area contributed by atoms with Gasteiger partial charge in [0, 0.05) is 11.6 Å². The van der Waals surface area contributed by atoms with E-state index in [1.807, 2.05) is 0 Å². The molecule has 3 heteroatoms. The molecule has 2 aliphatic rings. The number of anilines is 1. The summed E-state index contributed by atoms with van der Waals surface area (Å²) < 4.78 is 0. The molecule has 0 heterocycles. The van der Waals surface area contributed by atoms with Gasteiger partial charge < -0.3 is 10.4 Å². The third kappa shape index (κ3) is 1.77. The highest BCUT2D eigenvalue weighted by atomic mass is 16.3. The van der Waals surface area contributed by atoms with Crippen LogP contribution in [0.15, 0.2) is 24.3 Å². The SMILES string of the molecule is O=C(Nc1ccc(O)cc1)C1CC2CC2C1. The number of benzene rings is 1. The molecule has 3 nitrogen and oxygen atoms in total. The van der Waals surface area contributed by atoms with Crippen LogP contribution in [0, 0.1) is 17.8 Å². The van der Waals surface area contributed by atoms with Gasteiger partial charge in [0.05, 0.1) is 0 Å². The first-order valence-corrected chi connectivity index (χ1v) is 5.82. The second-order valence-corrected chi connectivity index (χ2v) is 4.96. The summed E-state index contributed by atoms with van der Waals surface area (Å²) in [6, 6.07) is 6.62. The fourth-order valence-corrected chi connectivity index (χ4v) is 2.72. The Morgan fingerprint density at radius 3 is 2.38 bits per heavy atom. The van der Waals surface area contributed by atoms with Crippen molar-refractivity contribution in [3.05, 3.63) is 24.3 Å². The van der Waals surface area contributed by atoms with Crippen molar-refractivity contribution >= 4 is 11.6 Å². The number of fused-ring (bicyclic) bond motifs is 1. The van der Waals surface area contributed by atoms with Gasteiger partial charge >= 0.3 is 0 Å². The van der Waals surface area contributed by atoms with Crippen molar-refractivity contribution in [1.82, 2.24) is 0 Å². The van der Waals surface area contributed by atoms with E-state index in [4.69, 9.17) is 5.11 Å². The standard InChI is InChI=1S/C13H15NO2/c15-12-3-1-11(2-4-12)14-13(16)10-6-8-5-9(8)7-10/h1-4,8-10,15H,5-7H2,(H,14,16). The van der Waals surface area contributed by atoms with E-state index in [9.17, 15) is 4.79 Å². The monoisotopic (exact) mass is 217 g/mol. The lowest BCUT2D eigenvalue weighted by Gasteiger charge is -2.12. The second-order valence-electron chi connectivity index (χ2n) is 4.96. The predicted molar refractivity (Wildman–Crippen MR) is 61.1 cm³/mol. The molecule has 2 unspecified atom stereocenters. The van der Waals surface area contributed by atoms with E-state index in [2.05, 4.69) is 5.32 Å². The lowest BCUT2D eigenvalue weighted by atomic mass is 10.0. The number of aromatic hydroxyl groups is 1. The number of nitrogens with one attached hydrogen (secondary N) is 1. The number of amides is 1. The zero-order valence-corrected chi connectivity index (χ0v) is 9.02. The van der Waals surface area contributed by atoms with Gasteiger partial charge in [0.15, 0.2) is 0 Å². The van der Waals surface area contributed by atoms with Crippen LogP contribution in [-0.2, 0) is 4.79 Å². The van der Waals surface area contributed by atoms with E-state index in [1.165, 1.54) is 6.42 Å². The quantitative estimate of drug-likeness (QED) is 0.747. The van der Waals surface area contributed by atoms with Crippen LogP contribution < -0.4 is 5.32 Å². The summed E-state index contributed by atoms with van der Waals surface area (Å²) in [5, 5.41) is 12.0. The molecule has 0 aliphatic heterocycles. The van der Waals surface area contributed by atoms with E-state index >= 15 is 0 Å². The first-order valence-electron chi connectivity index (χ1n) is 5.82. The predicted octanol–water partition coefficient (Wildman–Crippen LogP) is 2.38. The van der Waals surface area contributed by atoms with Crippen LogP contribution >= 0.6 is 0 Å². The number of phenolic OH excluding ortho intramolecular Hbond substituents is 1. The van der Waals surface area contributed by atoms with Crippen molar-refractivity contribution in [2.45, 2.75) is 19.3 Å². The van der Waals surface area contributed by atoms with Crippen molar-refractivity contribution in [3.63, 3.8) is 0 Å². The molecule has 3 rings (SSSR count). The largest absolute Gasteiger partial charge is 0.508 e. The first kappa shape index (κ1) is 9.70. The smallest absolute Gasteiger partial charge is 0.227 e. The molecule has 2 fully saturated rings. The lowest BCUT2D eigenvalue weighted by Crippen LogP contribution is -2.21. The molecule has 2 aliphatic carbocycles. The molecule has 0 radical (unpaired) electrons. The minimum atomic E-state index is 0.137. The number of carbonyl (C=O) groups is 1. The van der Waals surface area contributed by atoms with Gasteiger partial charge in [-0.2, -0.15) is 0 Å². The third-order valence-electron chi connectivity index (χ3n) is 3.75. The molecule has 2 atom stereocenters. The van der Waals surface area contributed by atoms with Gasteiger partial charge in [0.25, 0.3) is 0 Å². The Labute approximate surface area is 94.5 Å². The van der Waals surface area contributed by atoms with Gasteiger partial charge in [0.2, 0.25) is 5.91 Å². The fraction of sp³-hybridized carbons (Fsp3) is 0.462. The molecule has 2 N–H and O–H groups in total. The maximum atomic E-state index is 11.9. The molecule has 16 heavy (non-hydrogen) atoms. The molecule has 84 valence electrons. The van der Waals surface area contributed by atoms with E-state index < -0.39 is 0 Å². The molecule has 0 saturated heterocycles. The summed E-state index contributed by atoms with van der Waals surface area (Å²) in [4.78, 5) is 11.9. The van der Waals surface area contributed by atoms with Gasteiger partial charge in [-0.3, -0.25) is 4.79 Å². The number of phenols is 1. The van der Waals surface area contributed by atoms with Crippen molar-refractivity contribution in [3.8, 4) is 5.75 Å². The van der Waals surface area contributed by atoms with E-state index in [-0.39, 0.29) is 17.6 Å². The maximum Gasteiger partial charge on any atom is 0.227 e. The average molecular weight is 217 g/mol. The highest BCUT2D eigenvalue weighted by Gasteiger charge is 2.47. The van der Waals surface area contributed by atoms with Crippen LogP contribution in [0.5, 0.6) is 5.75 Å². The summed E-state index contributed by atoms with van der Waals surface area (Å²) in [6.07, 6.45) is 3.46. The number of hydrogen-bond acceptors (Lipinski definition) is 2. The lowest BCUT2D eigenvalue weighted by molar-refractivity contribution is -0.120. The molecule has 0 spiro atoms. The van der Waals surface area contributed by atoms with Crippen LogP contribution in [0.25, 0.3) is 0 Å². The van der Waals surface area contributed by atoms with Crippen molar-refractivity contribution in [2.24, 2.45) is 17.8 Å². The summed E-state index contributed by atoms with van der Waals surface area (Å²) in [7, 11) is 0. The van der Waals surface area contributed by atoms with Gasteiger partial charge in [-0.1, -0.05) is 0 Å². The summed E-state index contributed by atoms with van der Waals surface area (Å²) in [5.41, 5.74) is 0.767. The summed E-state index contributed by atoms with van der Waals surface area (Å²) in [6.45, 7) is 0. The van der Waals surface area contributed by atoms with Crippen LogP contribution in [0.4, 0.5) is 5.69 Å². The van der Waals surface area contributed by atoms with Crippen LogP contribution in [-0.4, -0.2) is 11.0 Å². The fourth-order valence-electron chi connectivity index (χ4n) is 2.72. The highest BCUT2D eigenvalue weighted by molar-refractivity contribution is 5.92. The Hall–Kier alpha value is -1.51. The highest BCUT2D eigenvalue weighted by Crippen LogP contribution is 2.54. The van der Waals surface area contributed by atoms with Gasteiger partial charge in [-0.25, -0.2) is 0 Å². The number of rotatable bonds is 2. The summed E-state index contributed by atoms with van der Waals surface area (Å²) in [5.74, 6) is 2.22. The van der Waals surface area contributed by atoms with Crippen LogP contribution in [0.3, 0.4) is 0 Å². The molecular weight excluding hydrogens is 202 g/mol. The van der Waals surface area contributed by atoms with Gasteiger partial charge in [-0.15, -0.1) is 0 Å². The minimum Gasteiger partial charge on any atom is -0.508 e. The molecule has 1 amide bonds. The third-order valence-corrected chi connectivity index (χ3v) is 3.75. The molecular formula is C13H15NO2. The molecule has 1 aromatic rings. The normalized spacial score (nSPS) is 30.9. The molecule has 1 aromatic carbocycles. The zero-order valence-electron chi connectivity index (χ0n) is 9.02. The topological polar surface area (TPSA) is 49.3 Å². The Kier molecular flexibility index (Phi) is 2.13. The maximum absolute atomic E-state index is 11.9. The van der Waals surface area contributed by atoms with Crippen LogP contribution in [0.1, 0.15) is 19.3 Å². The Morgan fingerprint density at radius 2 is 1.75 bits per heavy atom. The van der Waals surface area contributed by atoms with Gasteiger partial charge in [-0.05, 0) is 55.4 Å². The number of carbonyl (C=O) groups excluding carboxylic acids is 1. The van der Waals surface area contributed by atoms with E-state index in [0.29, 0.717) is 0 Å². The van der Waals surface area contributed by atoms with Crippen molar-refractivity contribution in [1.29, 1.82) is 0 Å². The molecule has 0 bridgehead atoms. The molecule has 2 saturated carbocycles. The average Bonchev–Trinajstić information content (AvgIpc) is 2.89. The Balaban J connectivity index is 1.61. The first-order chi connectivity index (χ1) is 7.72. The number of hydrogen-bond donors (Lipinski definition) is 2. The minimum absolute atomic E-state index is 0.137. The van der Waals surface area contributed by atoms with E-state index in [0.717, 1.165) is 30.4 Å². The Bertz CT molecular complexity index is 402. The van der Waals surface area contributed by atoms with Crippen molar-refractivity contribution in [2.75, 3.05) is 5.32 Å². The summed E-state index contributed by atoms with van der Waals surface area (Å²) >= 11 is 0. The zero-order chi connectivity index (χ0) is 11.1. The second kappa shape index (κ2) is 3.51. The van der Waals surface area contributed by atoms with Crippen LogP contribution in [0.2, 0.25) is 0 Å². The van der Waals surface area contributed by atoms with Crippen molar-refractivity contribution < 1.29 is 9.90 Å². The molecule has 0 aromatic heterocycles.